The molecule has 0 aliphatic rings. The number of ether oxygens (including phenoxy) is 1. The Morgan fingerprint density at radius 2 is 2.10 bits per heavy atom. The van der Waals surface area contributed by atoms with Crippen molar-refractivity contribution in [1.82, 2.24) is 4.98 Å². The summed E-state index contributed by atoms with van der Waals surface area (Å²) in [4.78, 5) is 25.7. The van der Waals surface area contributed by atoms with Crippen LogP contribution in [0.3, 0.4) is 0 Å². The number of carboxylic acids is 1. The molecule has 5 heteroatoms. The monoisotopic (exact) mass is 275 g/mol. The molecule has 5 nitrogen and oxygen atoms in total. The minimum absolute atomic E-state index is 0.00636. The molecule has 0 fully saturated rings. The molecule has 0 radical (unpaired) electrons. The first-order valence-corrected chi connectivity index (χ1v) is 6.61. The second kappa shape index (κ2) is 6.23. The van der Waals surface area contributed by atoms with Gasteiger partial charge in [0.1, 0.15) is 5.75 Å². The highest BCUT2D eigenvalue weighted by Gasteiger charge is 2.15. The number of carbonyl (C=O) groups excluding carboxylic acids is 1. The molecule has 1 aromatic carbocycles. The number of Topliss-reactive ketones (excluding diaryl/α,β-unsaturated/α-hetero) is 1. The lowest BCUT2D eigenvalue weighted by atomic mass is 10.0. The zero-order valence-electron chi connectivity index (χ0n) is 11.3. The van der Waals surface area contributed by atoms with Gasteiger partial charge < -0.3 is 14.8 Å². The van der Waals surface area contributed by atoms with Crippen LogP contribution in [0.4, 0.5) is 0 Å². The van der Waals surface area contributed by atoms with Gasteiger partial charge in [-0.1, -0.05) is 6.07 Å². The fraction of sp³-hybridized carbons (Fsp3) is 0.333. The maximum Gasteiger partial charge on any atom is 0.303 e. The van der Waals surface area contributed by atoms with Crippen molar-refractivity contribution in [2.24, 2.45) is 0 Å². The van der Waals surface area contributed by atoms with Crippen LogP contribution in [-0.2, 0) is 4.79 Å². The fourth-order valence-corrected chi connectivity index (χ4v) is 2.18. The maximum absolute atomic E-state index is 12.2. The molecule has 0 aliphatic heterocycles. The van der Waals surface area contributed by atoms with E-state index < -0.39 is 5.97 Å². The van der Waals surface area contributed by atoms with E-state index in [0.29, 0.717) is 24.3 Å². The number of aromatic nitrogens is 1. The molecule has 0 unspecified atom stereocenters. The van der Waals surface area contributed by atoms with Crippen LogP contribution in [0.25, 0.3) is 10.9 Å². The predicted octanol–water partition coefficient (Wildman–Crippen LogP) is 3.00. The summed E-state index contributed by atoms with van der Waals surface area (Å²) in [5, 5.41) is 9.38. The first-order valence-electron chi connectivity index (χ1n) is 6.61. The van der Waals surface area contributed by atoms with E-state index in [1.165, 1.54) is 0 Å². The summed E-state index contributed by atoms with van der Waals surface area (Å²) in [6.45, 7) is 2.41. The second-order valence-electron chi connectivity index (χ2n) is 4.48. The number of hydrogen-bond acceptors (Lipinski definition) is 3. The standard InChI is InChI=1S/C15H17NO4/c1-2-20-13-7-3-5-11-15(13)10(9-16-11)12(17)6-4-8-14(18)19/h3,5,7,9,16H,2,4,6,8H2,1H3,(H,18,19). The normalized spacial score (nSPS) is 10.7. The van der Waals surface area contributed by atoms with Crippen molar-refractivity contribution in [3.8, 4) is 5.75 Å². The third-order valence-electron chi connectivity index (χ3n) is 3.06. The number of rotatable bonds is 7. The van der Waals surface area contributed by atoms with Gasteiger partial charge >= 0.3 is 5.97 Å². The Morgan fingerprint density at radius 3 is 2.80 bits per heavy atom. The van der Waals surface area contributed by atoms with Crippen LogP contribution < -0.4 is 4.74 Å². The average molecular weight is 275 g/mol. The molecule has 0 spiro atoms. The molecule has 0 saturated heterocycles. The summed E-state index contributed by atoms with van der Waals surface area (Å²) in [5.74, 6) is -0.274. The molecule has 1 aromatic heterocycles. The van der Waals surface area contributed by atoms with Crippen LogP contribution in [0.2, 0.25) is 0 Å². The predicted molar refractivity (Wildman–Crippen MR) is 75.3 cm³/mol. The van der Waals surface area contributed by atoms with Gasteiger partial charge in [0.25, 0.3) is 0 Å². The van der Waals surface area contributed by atoms with Crippen molar-refractivity contribution >= 4 is 22.7 Å². The molecule has 0 aliphatic carbocycles. The van der Waals surface area contributed by atoms with Gasteiger partial charge in [0.05, 0.1) is 12.0 Å². The van der Waals surface area contributed by atoms with Crippen molar-refractivity contribution in [3.63, 3.8) is 0 Å². The largest absolute Gasteiger partial charge is 0.493 e. The van der Waals surface area contributed by atoms with E-state index >= 15 is 0 Å². The van der Waals surface area contributed by atoms with E-state index in [9.17, 15) is 9.59 Å². The fourth-order valence-electron chi connectivity index (χ4n) is 2.18. The Bertz CT molecular complexity index is 630. The molecule has 106 valence electrons. The summed E-state index contributed by atoms with van der Waals surface area (Å²) in [6.07, 6.45) is 2.24. The van der Waals surface area contributed by atoms with E-state index in [0.717, 1.165) is 10.9 Å². The highest BCUT2D eigenvalue weighted by molar-refractivity contribution is 6.10. The van der Waals surface area contributed by atoms with E-state index in [1.54, 1.807) is 6.20 Å². The summed E-state index contributed by atoms with van der Waals surface area (Å²) >= 11 is 0. The lowest BCUT2D eigenvalue weighted by Gasteiger charge is -2.06. The van der Waals surface area contributed by atoms with Crippen LogP contribution in [-0.4, -0.2) is 28.4 Å². The Kier molecular flexibility index (Phi) is 4.40. The van der Waals surface area contributed by atoms with Gasteiger partial charge in [0.15, 0.2) is 5.78 Å². The number of carboxylic acid groups (broad SMARTS) is 1. The molecule has 0 amide bonds. The molecule has 0 atom stereocenters. The molecule has 2 rings (SSSR count). The number of hydrogen-bond donors (Lipinski definition) is 2. The first kappa shape index (κ1) is 14.1. The van der Waals surface area contributed by atoms with Gasteiger partial charge in [-0.2, -0.15) is 0 Å². The molecular weight excluding hydrogens is 258 g/mol. The number of nitrogens with one attached hydrogen (secondary N) is 1. The number of ketones is 1. The minimum atomic E-state index is -0.883. The summed E-state index contributed by atoms with van der Waals surface area (Å²) < 4.78 is 5.54. The topological polar surface area (TPSA) is 79.4 Å². The van der Waals surface area contributed by atoms with Crippen LogP contribution in [0, 0.1) is 0 Å². The summed E-state index contributed by atoms with van der Waals surface area (Å²) in [7, 11) is 0. The molecule has 0 bridgehead atoms. The Morgan fingerprint density at radius 1 is 1.30 bits per heavy atom. The highest BCUT2D eigenvalue weighted by atomic mass is 16.5. The number of benzene rings is 1. The quantitative estimate of drug-likeness (QED) is 0.761. The van der Waals surface area contributed by atoms with E-state index in [2.05, 4.69) is 4.98 Å². The summed E-state index contributed by atoms with van der Waals surface area (Å²) in [5.41, 5.74) is 1.41. The molecule has 2 N–H and O–H groups in total. The zero-order chi connectivity index (χ0) is 14.5. The van der Waals surface area contributed by atoms with Crippen molar-refractivity contribution in [3.05, 3.63) is 30.0 Å². The molecule has 2 aromatic rings. The van der Waals surface area contributed by atoms with Gasteiger partial charge in [0, 0.05) is 30.1 Å². The number of carbonyl (C=O) groups is 2. The number of aromatic amines is 1. The van der Waals surface area contributed by atoms with Gasteiger partial charge in [-0.25, -0.2) is 0 Å². The smallest absolute Gasteiger partial charge is 0.303 e. The van der Waals surface area contributed by atoms with Crippen molar-refractivity contribution in [2.75, 3.05) is 6.61 Å². The number of aliphatic carboxylic acids is 1. The molecule has 1 heterocycles. The lowest BCUT2D eigenvalue weighted by Crippen LogP contribution is -2.02. The SMILES string of the molecule is CCOc1cccc2[nH]cc(C(=O)CCCC(=O)O)c12. The highest BCUT2D eigenvalue weighted by Crippen LogP contribution is 2.29. The van der Waals surface area contributed by atoms with E-state index in [-0.39, 0.29) is 18.6 Å². The lowest BCUT2D eigenvalue weighted by molar-refractivity contribution is -0.137. The van der Waals surface area contributed by atoms with Gasteiger partial charge in [-0.05, 0) is 25.5 Å². The maximum atomic E-state index is 12.2. The third kappa shape index (κ3) is 2.99. The van der Waals surface area contributed by atoms with Gasteiger partial charge in [0.2, 0.25) is 0 Å². The van der Waals surface area contributed by atoms with E-state index in [4.69, 9.17) is 9.84 Å². The van der Waals surface area contributed by atoms with Crippen LogP contribution >= 0.6 is 0 Å². The Hall–Kier alpha value is -2.30. The van der Waals surface area contributed by atoms with Gasteiger partial charge in [-0.3, -0.25) is 9.59 Å². The number of H-pyrrole nitrogens is 1. The Balaban J connectivity index is 2.25. The third-order valence-corrected chi connectivity index (χ3v) is 3.06. The van der Waals surface area contributed by atoms with Crippen molar-refractivity contribution < 1.29 is 19.4 Å². The van der Waals surface area contributed by atoms with Crippen molar-refractivity contribution in [2.45, 2.75) is 26.2 Å². The second-order valence-corrected chi connectivity index (χ2v) is 4.48. The summed E-state index contributed by atoms with van der Waals surface area (Å²) in [6, 6.07) is 5.57. The average Bonchev–Trinajstić information content (AvgIpc) is 2.83. The molecule has 20 heavy (non-hydrogen) atoms. The first-order chi connectivity index (χ1) is 9.63. The van der Waals surface area contributed by atoms with Crippen LogP contribution in [0.5, 0.6) is 5.75 Å². The van der Waals surface area contributed by atoms with Crippen LogP contribution in [0.1, 0.15) is 36.5 Å². The van der Waals surface area contributed by atoms with E-state index in [1.807, 2.05) is 25.1 Å². The zero-order valence-corrected chi connectivity index (χ0v) is 11.3. The minimum Gasteiger partial charge on any atom is -0.493 e. The number of fused-ring (bicyclic) bond motifs is 1. The Labute approximate surface area is 116 Å². The molecule has 0 saturated carbocycles. The van der Waals surface area contributed by atoms with Crippen molar-refractivity contribution in [1.29, 1.82) is 0 Å². The van der Waals surface area contributed by atoms with Gasteiger partial charge in [-0.15, -0.1) is 0 Å². The van der Waals surface area contributed by atoms with Crippen LogP contribution in [0.15, 0.2) is 24.4 Å². The molecular formula is C15H17NO4.